The minimum atomic E-state index is -0.465. The van der Waals surface area contributed by atoms with Crippen molar-refractivity contribution in [2.75, 3.05) is 49.2 Å². The number of carbonyl (C=O) groups excluding carboxylic acids is 1. The number of anilines is 2. The standard InChI is InChI=1S/C24H28N6O3/c1-15-13-30(14-16(2)33-15)24-27-22-19(23(28-24)29-8-10-32-11-9-29)6-7-20(26-22)17-4-3-5-18(12-17)21(25)31/h3-7,12,15-16H,8-11,13-14H2,1-2H3,(H2,25,31). The molecule has 2 fully saturated rings. The van der Waals surface area contributed by atoms with Gasteiger partial charge in [-0.1, -0.05) is 12.1 Å². The molecule has 3 aromatic rings. The number of carbonyl (C=O) groups is 1. The van der Waals surface area contributed by atoms with Gasteiger partial charge in [-0.25, -0.2) is 4.98 Å². The van der Waals surface area contributed by atoms with Crippen LogP contribution in [0.1, 0.15) is 24.2 Å². The number of fused-ring (bicyclic) bond motifs is 1. The molecule has 1 aromatic carbocycles. The van der Waals surface area contributed by atoms with E-state index in [4.69, 9.17) is 30.2 Å². The second-order valence-electron chi connectivity index (χ2n) is 8.62. The molecule has 5 rings (SSSR count). The van der Waals surface area contributed by atoms with E-state index in [9.17, 15) is 4.79 Å². The highest BCUT2D eigenvalue weighted by atomic mass is 16.5. The van der Waals surface area contributed by atoms with E-state index in [2.05, 4.69) is 23.6 Å². The summed E-state index contributed by atoms with van der Waals surface area (Å²) in [4.78, 5) is 30.8. The normalized spacial score (nSPS) is 21.4. The Hall–Kier alpha value is -3.30. The Morgan fingerprint density at radius 2 is 1.76 bits per heavy atom. The van der Waals surface area contributed by atoms with E-state index in [1.165, 1.54) is 0 Å². The lowest BCUT2D eigenvalue weighted by Gasteiger charge is -2.36. The fourth-order valence-corrected chi connectivity index (χ4v) is 4.47. The second kappa shape index (κ2) is 8.92. The van der Waals surface area contributed by atoms with Crippen LogP contribution in [0.5, 0.6) is 0 Å². The van der Waals surface area contributed by atoms with Gasteiger partial charge >= 0.3 is 0 Å². The molecule has 2 N–H and O–H groups in total. The molecule has 0 radical (unpaired) electrons. The number of pyridine rings is 1. The maximum absolute atomic E-state index is 11.6. The van der Waals surface area contributed by atoms with Crippen LogP contribution in [0.3, 0.4) is 0 Å². The molecule has 2 aliphatic heterocycles. The molecule has 2 aromatic heterocycles. The lowest BCUT2D eigenvalue weighted by Crippen LogP contribution is -2.46. The SMILES string of the molecule is CC1CN(c2nc(N3CCOCC3)c3ccc(-c4cccc(C(N)=O)c4)nc3n2)CC(C)O1. The largest absolute Gasteiger partial charge is 0.378 e. The highest BCUT2D eigenvalue weighted by Crippen LogP contribution is 2.30. The number of rotatable bonds is 4. The van der Waals surface area contributed by atoms with Gasteiger partial charge in [-0.2, -0.15) is 9.97 Å². The van der Waals surface area contributed by atoms with Crippen molar-refractivity contribution < 1.29 is 14.3 Å². The van der Waals surface area contributed by atoms with E-state index in [1.807, 2.05) is 24.3 Å². The number of primary amides is 1. The Morgan fingerprint density at radius 3 is 2.48 bits per heavy atom. The van der Waals surface area contributed by atoms with Crippen molar-refractivity contribution in [3.8, 4) is 11.3 Å². The Bertz CT molecular complexity index is 1170. The first-order chi connectivity index (χ1) is 16.0. The number of ether oxygens (including phenoxy) is 2. The smallest absolute Gasteiger partial charge is 0.248 e. The lowest BCUT2D eigenvalue weighted by molar-refractivity contribution is -0.00570. The molecule has 2 atom stereocenters. The monoisotopic (exact) mass is 448 g/mol. The summed E-state index contributed by atoms with van der Waals surface area (Å²) in [5, 5.41) is 0.893. The molecular formula is C24H28N6O3. The molecule has 0 bridgehead atoms. The molecule has 0 aliphatic carbocycles. The maximum Gasteiger partial charge on any atom is 0.248 e. The van der Waals surface area contributed by atoms with Gasteiger partial charge in [0.05, 0.1) is 36.5 Å². The molecule has 0 spiro atoms. The summed E-state index contributed by atoms with van der Waals surface area (Å²) in [6.07, 6.45) is 0.187. The van der Waals surface area contributed by atoms with Crippen LogP contribution in [-0.2, 0) is 9.47 Å². The number of amides is 1. The second-order valence-corrected chi connectivity index (χ2v) is 8.62. The number of hydrogen-bond acceptors (Lipinski definition) is 8. The van der Waals surface area contributed by atoms with Crippen LogP contribution in [0.4, 0.5) is 11.8 Å². The molecule has 33 heavy (non-hydrogen) atoms. The third-order valence-electron chi connectivity index (χ3n) is 5.98. The van der Waals surface area contributed by atoms with Gasteiger partial charge in [-0.15, -0.1) is 0 Å². The van der Waals surface area contributed by atoms with Gasteiger partial charge in [0.25, 0.3) is 0 Å². The fourth-order valence-electron chi connectivity index (χ4n) is 4.47. The third-order valence-corrected chi connectivity index (χ3v) is 5.98. The fraction of sp³-hybridized carbons (Fsp3) is 0.417. The van der Waals surface area contributed by atoms with Crippen LogP contribution in [0.25, 0.3) is 22.3 Å². The molecule has 9 nitrogen and oxygen atoms in total. The van der Waals surface area contributed by atoms with E-state index in [0.717, 1.165) is 48.6 Å². The summed E-state index contributed by atoms with van der Waals surface area (Å²) in [6.45, 7) is 8.43. The Balaban J connectivity index is 1.62. The first-order valence-corrected chi connectivity index (χ1v) is 11.3. The minimum Gasteiger partial charge on any atom is -0.378 e. The van der Waals surface area contributed by atoms with Crippen LogP contribution in [0.15, 0.2) is 36.4 Å². The van der Waals surface area contributed by atoms with Crippen molar-refractivity contribution in [3.05, 3.63) is 42.0 Å². The Kier molecular flexibility index (Phi) is 5.82. The number of nitrogens with zero attached hydrogens (tertiary/aromatic N) is 5. The highest BCUT2D eigenvalue weighted by molar-refractivity contribution is 5.94. The van der Waals surface area contributed by atoms with Gasteiger partial charge in [0.1, 0.15) is 5.82 Å². The van der Waals surface area contributed by atoms with Gasteiger partial charge in [-0.05, 0) is 38.1 Å². The maximum atomic E-state index is 11.6. The predicted octanol–water partition coefficient (Wildman–Crippen LogP) is 2.24. The molecule has 1 amide bonds. The molecule has 0 saturated carbocycles. The van der Waals surface area contributed by atoms with Crippen LogP contribution >= 0.6 is 0 Å². The van der Waals surface area contributed by atoms with Gasteiger partial charge in [0.15, 0.2) is 5.65 Å². The van der Waals surface area contributed by atoms with Crippen molar-refractivity contribution in [3.63, 3.8) is 0 Å². The summed E-state index contributed by atoms with van der Waals surface area (Å²) in [5.41, 5.74) is 8.08. The van der Waals surface area contributed by atoms with Gasteiger partial charge < -0.3 is 25.0 Å². The van der Waals surface area contributed by atoms with Crippen molar-refractivity contribution in [2.45, 2.75) is 26.1 Å². The van der Waals surface area contributed by atoms with Gasteiger partial charge in [0, 0.05) is 37.3 Å². The average molecular weight is 449 g/mol. The van der Waals surface area contributed by atoms with Gasteiger partial charge in [0.2, 0.25) is 11.9 Å². The Labute approximate surface area is 192 Å². The van der Waals surface area contributed by atoms with Crippen LogP contribution in [0, 0.1) is 0 Å². The van der Waals surface area contributed by atoms with Crippen LogP contribution in [-0.4, -0.2) is 72.5 Å². The van der Waals surface area contributed by atoms with E-state index >= 15 is 0 Å². The first-order valence-electron chi connectivity index (χ1n) is 11.3. The van der Waals surface area contributed by atoms with Crippen molar-refractivity contribution >= 4 is 28.7 Å². The summed E-state index contributed by atoms with van der Waals surface area (Å²) < 4.78 is 11.5. The van der Waals surface area contributed by atoms with Crippen molar-refractivity contribution in [2.24, 2.45) is 5.73 Å². The van der Waals surface area contributed by atoms with Crippen LogP contribution in [0.2, 0.25) is 0 Å². The summed E-state index contributed by atoms with van der Waals surface area (Å²) in [5.74, 6) is 1.06. The quantitative estimate of drug-likeness (QED) is 0.648. The summed E-state index contributed by atoms with van der Waals surface area (Å²) in [7, 11) is 0. The van der Waals surface area contributed by atoms with Gasteiger partial charge in [-0.3, -0.25) is 4.79 Å². The summed E-state index contributed by atoms with van der Waals surface area (Å²) in [6, 6.07) is 11.1. The number of nitrogens with two attached hydrogens (primary N) is 1. The number of morpholine rings is 2. The minimum absolute atomic E-state index is 0.0933. The van der Waals surface area contributed by atoms with E-state index < -0.39 is 5.91 Å². The molecule has 9 heteroatoms. The van der Waals surface area contributed by atoms with E-state index in [1.54, 1.807) is 12.1 Å². The van der Waals surface area contributed by atoms with Crippen molar-refractivity contribution in [1.29, 1.82) is 0 Å². The Morgan fingerprint density at radius 1 is 1.00 bits per heavy atom. The van der Waals surface area contributed by atoms with E-state index in [-0.39, 0.29) is 12.2 Å². The highest BCUT2D eigenvalue weighted by Gasteiger charge is 2.26. The number of benzene rings is 1. The average Bonchev–Trinajstić information content (AvgIpc) is 2.83. The van der Waals surface area contributed by atoms with Crippen molar-refractivity contribution in [1.82, 2.24) is 15.0 Å². The van der Waals surface area contributed by atoms with E-state index in [0.29, 0.717) is 30.4 Å². The molecule has 2 saturated heterocycles. The number of aromatic nitrogens is 3. The summed E-state index contributed by atoms with van der Waals surface area (Å²) >= 11 is 0. The zero-order valence-corrected chi connectivity index (χ0v) is 18.9. The third kappa shape index (κ3) is 4.46. The zero-order chi connectivity index (χ0) is 22.9. The molecular weight excluding hydrogens is 420 g/mol. The molecule has 172 valence electrons. The first kappa shape index (κ1) is 21.5. The molecule has 2 aliphatic rings. The molecule has 4 heterocycles. The lowest BCUT2D eigenvalue weighted by atomic mass is 10.1. The molecule has 2 unspecified atom stereocenters. The predicted molar refractivity (Wildman–Crippen MR) is 127 cm³/mol. The topological polar surface area (TPSA) is 107 Å². The van der Waals surface area contributed by atoms with Crippen LogP contribution < -0.4 is 15.5 Å². The number of hydrogen-bond donors (Lipinski definition) is 1. The zero-order valence-electron chi connectivity index (χ0n) is 18.9.